The molecule has 2 aromatic carbocycles. The Morgan fingerprint density at radius 3 is 1.80 bits per heavy atom. The van der Waals surface area contributed by atoms with Gasteiger partial charge in [-0.3, -0.25) is 0 Å². The van der Waals surface area contributed by atoms with Gasteiger partial charge < -0.3 is 45.4 Å². The van der Waals surface area contributed by atoms with Crippen molar-refractivity contribution in [1.82, 2.24) is 0 Å². The average Bonchev–Trinajstić information content (AvgIpc) is 2.40. The van der Waals surface area contributed by atoms with E-state index in [1.54, 1.807) is 0 Å². The molecule has 0 unspecified atom stereocenters. The zero-order valence-electron chi connectivity index (χ0n) is 13.2. The third-order valence-electron chi connectivity index (χ3n) is 1.76. The van der Waals surface area contributed by atoms with Crippen LogP contribution in [-0.2, 0) is 21.7 Å². The average molecular weight is 350 g/mol. The molecule has 20 heavy (non-hydrogen) atoms. The monoisotopic (exact) mass is 349 g/mol. The normalized spacial score (nSPS) is 8.25. The Morgan fingerprint density at radius 1 is 1.00 bits per heavy atom. The van der Waals surface area contributed by atoms with Gasteiger partial charge in [-0.2, -0.15) is 6.07 Å². The number of halogens is 2. The molecule has 1 N–H and O–H groups in total. The molecule has 1 nitrogen and oxygen atoms in total. The van der Waals surface area contributed by atoms with E-state index in [1.165, 1.54) is 16.3 Å². The fourth-order valence-electron chi connectivity index (χ4n) is 1.31. The summed E-state index contributed by atoms with van der Waals surface area (Å²) < 4.78 is 0. The van der Waals surface area contributed by atoms with Crippen LogP contribution in [0.2, 0.25) is 0 Å². The molecule has 0 saturated heterocycles. The third-order valence-corrected chi connectivity index (χ3v) is 1.76. The quantitative estimate of drug-likeness (QED) is 0.457. The Balaban J connectivity index is -0.0000000683. The van der Waals surface area contributed by atoms with Crippen LogP contribution in [0.25, 0.3) is 16.5 Å². The first-order valence-corrected chi connectivity index (χ1v) is 5.23. The summed E-state index contributed by atoms with van der Waals surface area (Å²) in [6.45, 7) is 7.69. The van der Waals surface area contributed by atoms with Gasteiger partial charge in [0.1, 0.15) is 0 Å². The van der Waals surface area contributed by atoms with E-state index in [1.807, 2.05) is 20.8 Å². The number of fused-ring (bicyclic) bond motifs is 1. The number of aryl methyl sites for hydroxylation is 1. The van der Waals surface area contributed by atoms with Crippen LogP contribution in [0.5, 0.6) is 0 Å². The van der Waals surface area contributed by atoms with E-state index in [9.17, 15) is 0 Å². The van der Waals surface area contributed by atoms with E-state index < -0.39 is 0 Å². The molecule has 116 valence electrons. The van der Waals surface area contributed by atoms with Crippen LogP contribution in [-0.4, -0.2) is 5.54 Å². The van der Waals surface area contributed by atoms with Crippen LogP contribution < -0.4 is 24.8 Å². The Hall–Kier alpha value is 0.0843. The molecule has 0 saturated carbocycles. The van der Waals surface area contributed by atoms with Gasteiger partial charge in [-0.1, -0.05) is 33.8 Å². The summed E-state index contributed by atoms with van der Waals surface area (Å²) in [5.41, 5.74) is 8.04. The second-order valence-corrected chi connectivity index (χ2v) is 4.91. The van der Waals surface area contributed by atoms with Gasteiger partial charge >= 0.3 is 21.7 Å². The topological polar surface area (TPSA) is 23.8 Å². The van der Waals surface area contributed by atoms with E-state index in [-0.39, 0.29) is 66.9 Å². The van der Waals surface area contributed by atoms with Crippen LogP contribution in [0.4, 0.5) is 0 Å². The van der Waals surface area contributed by atoms with Gasteiger partial charge in [-0.15, -0.1) is 46.1 Å². The summed E-state index contributed by atoms with van der Waals surface area (Å²) >= 11 is 0. The molecule has 0 aliphatic heterocycles. The van der Waals surface area contributed by atoms with Gasteiger partial charge in [-0.25, -0.2) is 0 Å². The van der Waals surface area contributed by atoms with Crippen molar-refractivity contribution in [1.29, 1.82) is 0 Å². The summed E-state index contributed by atoms with van der Waals surface area (Å²) in [6.07, 6.45) is 0. The SMILES string of the molecule is CC(C)(C)[NH-].Cc1cc2ccccc2[cH-]1.[CH3-].[CH3-].[Cl-].[Cl-].[Ti+2]. The van der Waals surface area contributed by atoms with E-state index >= 15 is 0 Å². The Kier molecular flexibility index (Phi) is 22.6. The first kappa shape index (κ1) is 32.1. The van der Waals surface area contributed by atoms with Crippen LogP contribution >= 0.6 is 0 Å². The molecule has 2 aromatic rings. The molecule has 0 aromatic heterocycles. The van der Waals surface area contributed by atoms with Gasteiger partial charge in [-0.05, 0) is 0 Å². The van der Waals surface area contributed by atoms with Gasteiger partial charge in [0.25, 0.3) is 0 Å². The first-order chi connectivity index (χ1) is 6.86. The third kappa shape index (κ3) is 14.5. The molecule has 4 heteroatoms. The smallest absolute Gasteiger partial charge is 1.00 e. The first-order valence-electron chi connectivity index (χ1n) is 5.23. The minimum Gasteiger partial charge on any atom is -1.00 e. The van der Waals surface area contributed by atoms with Crippen LogP contribution in [0.1, 0.15) is 26.3 Å². The van der Waals surface area contributed by atoms with Crippen molar-refractivity contribution in [2.24, 2.45) is 0 Å². The van der Waals surface area contributed by atoms with Crippen molar-refractivity contribution in [2.45, 2.75) is 33.2 Å². The molecular weight excluding hydrogens is 325 g/mol. The summed E-state index contributed by atoms with van der Waals surface area (Å²) in [6, 6.07) is 12.8. The molecule has 0 spiro atoms. The second-order valence-electron chi connectivity index (χ2n) is 4.91. The number of nitrogens with one attached hydrogen (secondary N) is 1. The molecule has 0 aliphatic carbocycles. The predicted octanol–water partition coefficient (Wildman–Crippen LogP) is -0.390. The largest absolute Gasteiger partial charge is 2.00 e. The van der Waals surface area contributed by atoms with Crippen molar-refractivity contribution in [3.8, 4) is 0 Å². The van der Waals surface area contributed by atoms with Crippen molar-refractivity contribution in [3.63, 3.8) is 0 Å². The fraction of sp³-hybridized carbons (Fsp3) is 0.312. The van der Waals surface area contributed by atoms with Gasteiger partial charge in [0.15, 0.2) is 0 Å². The predicted molar refractivity (Wildman–Crippen MR) is 81.2 cm³/mol. The minimum absolute atomic E-state index is 0. The van der Waals surface area contributed by atoms with Crippen molar-refractivity contribution in [3.05, 3.63) is 62.5 Å². The summed E-state index contributed by atoms with van der Waals surface area (Å²) in [5.74, 6) is 0. The second kappa shape index (κ2) is 14.0. The van der Waals surface area contributed by atoms with Crippen LogP contribution in [0, 0.1) is 21.8 Å². The maximum absolute atomic E-state index is 6.94. The number of rotatable bonds is 0. The van der Waals surface area contributed by atoms with Gasteiger partial charge in [0, 0.05) is 0 Å². The molecule has 0 aliphatic rings. The molecule has 0 amide bonds. The Labute approximate surface area is 152 Å². The molecule has 0 radical (unpaired) electrons. The molecule has 0 heterocycles. The van der Waals surface area contributed by atoms with Crippen molar-refractivity contribution < 1.29 is 46.5 Å². The maximum atomic E-state index is 6.94. The zero-order chi connectivity index (χ0) is 11.5. The Morgan fingerprint density at radius 2 is 1.40 bits per heavy atom. The van der Waals surface area contributed by atoms with Crippen LogP contribution in [0.15, 0.2) is 36.4 Å². The van der Waals surface area contributed by atoms with Crippen molar-refractivity contribution >= 4 is 10.8 Å². The van der Waals surface area contributed by atoms with Gasteiger partial charge in [0.2, 0.25) is 0 Å². The molecule has 0 fully saturated rings. The summed E-state index contributed by atoms with van der Waals surface area (Å²) in [7, 11) is 0. The van der Waals surface area contributed by atoms with Crippen molar-refractivity contribution in [2.75, 3.05) is 0 Å². The van der Waals surface area contributed by atoms with Gasteiger partial charge in [0.05, 0.1) is 0 Å². The number of hydrogen-bond donors (Lipinski definition) is 0. The molecule has 0 atom stereocenters. The standard InChI is InChI=1S/C10H9.C4H10N.2CH3.2ClH.Ti/c1-8-6-9-4-2-3-5-10(9)7-8;1-4(2,3)5;;;;;/h2-7H,1H3;5H,1-3H3;2*1H3;2*1H;/q4*-1;;;+2/p-2. The summed E-state index contributed by atoms with van der Waals surface area (Å²) in [4.78, 5) is 0. The zero-order valence-corrected chi connectivity index (χ0v) is 16.3. The molecule has 0 bridgehead atoms. The minimum atomic E-state index is -0.250. The Bertz CT molecular complexity index is 394. The number of hydrogen-bond acceptors (Lipinski definition) is 0. The van der Waals surface area contributed by atoms with E-state index in [2.05, 4.69) is 43.3 Å². The van der Waals surface area contributed by atoms with Crippen LogP contribution in [0.3, 0.4) is 0 Å². The maximum Gasteiger partial charge on any atom is 2.00 e. The number of benzene rings is 1. The van der Waals surface area contributed by atoms with E-state index in [0.717, 1.165) is 0 Å². The summed E-state index contributed by atoms with van der Waals surface area (Å²) in [5, 5.41) is 2.69. The van der Waals surface area contributed by atoms with E-state index in [4.69, 9.17) is 5.73 Å². The molecular formula is C16H25Cl2NTi-4. The van der Waals surface area contributed by atoms with E-state index in [0.29, 0.717) is 0 Å². The molecule has 2 rings (SSSR count). The fourth-order valence-corrected chi connectivity index (χ4v) is 1.31.